The molecule has 3 aromatic rings. The summed E-state index contributed by atoms with van der Waals surface area (Å²) >= 11 is 1.76. The smallest absolute Gasteiger partial charge is 0.180 e. The van der Waals surface area contributed by atoms with E-state index in [-0.39, 0.29) is 0 Å². The molecule has 3 rings (SSSR count). The van der Waals surface area contributed by atoms with E-state index < -0.39 is 0 Å². The molecule has 0 aliphatic carbocycles. The van der Waals surface area contributed by atoms with Gasteiger partial charge in [-0.05, 0) is 40.3 Å². The van der Waals surface area contributed by atoms with Gasteiger partial charge in [0.05, 0.1) is 7.11 Å². The fraction of sp³-hybridized carbons (Fsp3) is 0.154. The van der Waals surface area contributed by atoms with Crippen molar-refractivity contribution in [3.63, 3.8) is 0 Å². The number of pyridine rings is 1. The Hall–Kier alpha value is -2.08. The number of hydrogen-bond donors (Lipinski definition) is 0. The van der Waals surface area contributed by atoms with E-state index in [0.717, 1.165) is 22.0 Å². The average Bonchev–Trinajstić information content (AvgIpc) is 2.93. The first-order valence-corrected chi connectivity index (χ1v) is 6.77. The van der Waals surface area contributed by atoms with Gasteiger partial charge in [-0.2, -0.15) is 0 Å². The molecule has 0 radical (unpaired) electrons. The third-order valence-corrected chi connectivity index (χ3v) is 3.80. The molecule has 1 aromatic carbocycles. The largest absolute Gasteiger partial charge is 0.497 e. The summed E-state index contributed by atoms with van der Waals surface area (Å²) in [4.78, 5) is 1.15. The van der Waals surface area contributed by atoms with Crippen molar-refractivity contribution in [3.05, 3.63) is 48.2 Å². The Balaban J connectivity index is 1.70. The van der Waals surface area contributed by atoms with Crippen molar-refractivity contribution in [1.29, 1.82) is 0 Å². The van der Waals surface area contributed by atoms with Gasteiger partial charge in [0.1, 0.15) is 5.75 Å². The second kappa shape index (κ2) is 5.27. The lowest BCUT2D eigenvalue weighted by Gasteiger charge is -2.04. The lowest BCUT2D eigenvalue weighted by molar-refractivity contribution is 0.414. The molecule has 0 unspecified atom stereocenters. The lowest BCUT2D eigenvalue weighted by atomic mass is 10.2. The number of benzene rings is 1. The predicted octanol–water partition coefficient (Wildman–Crippen LogP) is 2.43. The SMILES string of the molecule is COc1ccc(CSc2ccn3nnnc3c2)cc1. The van der Waals surface area contributed by atoms with Crippen LogP contribution in [0.25, 0.3) is 5.65 Å². The Bertz CT molecular complexity index is 680. The Morgan fingerprint density at radius 3 is 2.84 bits per heavy atom. The van der Waals surface area contributed by atoms with Gasteiger partial charge in [-0.15, -0.1) is 16.9 Å². The van der Waals surface area contributed by atoms with Gasteiger partial charge >= 0.3 is 0 Å². The Labute approximate surface area is 114 Å². The number of tetrazole rings is 1. The van der Waals surface area contributed by atoms with Crippen LogP contribution in [0.2, 0.25) is 0 Å². The van der Waals surface area contributed by atoms with Crippen molar-refractivity contribution in [3.8, 4) is 5.75 Å². The highest BCUT2D eigenvalue weighted by atomic mass is 32.2. The monoisotopic (exact) mass is 272 g/mol. The summed E-state index contributed by atoms with van der Waals surface area (Å²) in [6.07, 6.45) is 1.87. The average molecular weight is 272 g/mol. The molecule has 19 heavy (non-hydrogen) atoms. The van der Waals surface area contributed by atoms with Crippen molar-refractivity contribution >= 4 is 17.4 Å². The van der Waals surface area contributed by atoms with Gasteiger partial charge in [-0.3, -0.25) is 0 Å². The molecule has 0 fully saturated rings. The molecule has 0 N–H and O–H groups in total. The standard InChI is InChI=1S/C13H12N4OS/c1-18-11-4-2-10(3-5-11)9-19-12-6-7-17-13(8-12)14-15-16-17/h2-8H,9H2,1H3. The molecule has 96 valence electrons. The molecule has 0 bridgehead atoms. The molecule has 0 saturated heterocycles. The van der Waals surface area contributed by atoms with Gasteiger partial charge in [-0.25, -0.2) is 4.52 Å². The molecule has 0 amide bonds. The highest BCUT2D eigenvalue weighted by Gasteiger charge is 2.01. The zero-order chi connectivity index (χ0) is 13.1. The van der Waals surface area contributed by atoms with Crippen LogP contribution in [0.4, 0.5) is 0 Å². The van der Waals surface area contributed by atoms with Crippen LogP contribution in [0.5, 0.6) is 5.75 Å². The molecule has 2 aromatic heterocycles. The van der Waals surface area contributed by atoms with E-state index in [1.807, 2.05) is 30.5 Å². The maximum atomic E-state index is 5.14. The van der Waals surface area contributed by atoms with Crippen LogP contribution in [0.1, 0.15) is 5.56 Å². The predicted molar refractivity (Wildman–Crippen MR) is 73.3 cm³/mol. The van der Waals surface area contributed by atoms with Crippen molar-refractivity contribution in [2.45, 2.75) is 10.6 Å². The summed E-state index contributed by atoms with van der Waals surface area (Å²) in [6.45, 7) is 0. The fourth-order valence-electron chi connectivity index (χ4n) is 1.70. The van der Waals surface area contributed by atoms with E-state index in [2.05, 4.69) is 27.7 Å². The maximum Gasteiger partial charge on any atom is 0.180 e. The second-order valence-corrected chi connectivity index (χ2v) is 5.03. The quantitative estimate of drug-likeness (QED) is 0.683. The van der Waals surface area contributed by atoms with Gasteiger partial charge in [0, 0.05) is 16.8 Å². The van der Waals surface area contributed by atoms with Crippen LogP contribution >= 0.6 is 11.8 Å². The van der Waals surface area contributed by atoms with E-state index in [9.17, 15) is 0 Å². The molecule has 0 atom stereocenters. The van der Waals surface area contributed by atoms with Gasteiger partial charge in [-0.1, -0.05) is 12.1 Å². The van der Waals surface area contributed by atoms with Gasteiger partial charge in [0.15, 0.2) is 5.65 Å². The minimum Gasteiger partial charge on any atom is -0.497 e. The normalized spacial score (nSPS) is 10.8. The number of nitrogens with zero attached hydrogens (tertiary/aromatic N) is 4. The molecule has 6 heteroatoms. The number of fused-ring (bicyclic) bond motifs is 1. The minimum atomic E-state index is 0.764. The third kappa shape index (κ3) is 2.68. The van der Waals surface area contributed by atoms with E-state index in [1.165, 1.54) is 5.56 Å². The van der Waals surface area contributed by atoms with Crippen LogP contribution in [0.3, 0.4) is 0 Å². The van der Waals surface area contributed by atoms with Crippen molar-refractivity contribution in [2.24, 2.45) is 0 Å². The molecule has 5 nitrogen and oxygen atoms in total. The van der Waals surface area contributed by atoms with Gasteiger partial charge in [0.2, 0.25) is 0 Å². The first kappa shape index (κ1) is 12.0. The summed E-state index contributed by atoms with van der Waals surface area (Å²) in [5, 5.41) is 11.4. The second-order valence-electron chi connectivity index (χ2n) is 3.98. The number of ether oxygens (including phenoxy) is 1. The number of hydrogen-bond acceptors (Lipinski definition) is 5. The van der Waals surface area contributed by atoms with Crippen LogP contribution in [0, 0.1) is 0 Å². The molecular formula is C13H12N4OS. The van der Waals surface area contributed by atoms with Crippen LogP contribution < -0.4 is 4.74 Å². The molecular weight excluding hydrogens is 260 g/mol. The van der Waals surface area contributed by atoms with Crippen molar-refractivity contribution in [1.82, 2.24) is 20.0 Å². The Kier molecular flexibility index (Phi) is 3.33. The maximum absolute atomic E-state index is 5.14. The molecule has 0 saturated carbocycles. The van der Waals surface area contributed by atoms with E-state index in [0.29, 0.717) is 0 Å². The Morgan fingerprint density at radius 1 is 1.21 bits per heavy atom. The van der Waals surface area contributed by atoms with Crippen LogP contribution in [0.15, 0.2) is 47.5 Å². The van der Waals surface area contributed by atoms with Gasteiger partial charge in [0.25, 0.3) is 0 Å². The summed E-state index contributed by atoms with van der Waals surface area (Å²) in [7, 11) is 1.67. The lowest BCUT2D eigenvalue weighted by Crippen LogP contribution is -1.87. The fourth-order valence-corrected chi connectivity index (χ4v) is 2.57. The third-order valence-electron chi connectivity index (χ3n) is 2.73. The first-order chi connectivity index (χ1) is 9.35. The number of thioether (sulfide) groups is 1. The molecule has 0 aliphatic rings. The zero-order valence-corrected chi connectivity index (χ0v) is 11.2. The molecule has 0 spiro atoms. The van der Waals surface area contributed by atoms with Crippen LogP contribution in [-0.4, -0.2) is 27.2 Å². The van der Waals surface area contributed by atoms with E-state index in [4.69, 9.17) is 4.74 Å². The van der Waals surface area contributed by atoms with E-state index in [1.54, 1.807) is 23.4 Å². The van der Waals surface area contributed by atoms with Crippen molar-refractivity contribution < 1.29 is 4.74 Å². The zero-order valence-electron chi connectivity index (χ0n) is 10.4. The van der Waals surface area contributed by atoms with Crippen LogP contribution in [-0.2, 0) is 5.75 Å². The molecule has 2 heterocycles. The number of aromatic nitrogens is 4. The molecule has 0 aliphatic heterocycles. The summed E-state index contributed by atoms with van der Waals surface area (Å²) in [5.74, 6) is 1.78. The summed E-state index contributed by atoms with van der Waals surface area (Å²) < 4.78 is 6.79. The topological polar surface area (TPSA) is 52.3 Å². The van der Waals surface area contributed by atoms with Crippen molar-refractivity contribution in [2.75, 3.05) is 7.11 Å². The van der Waals surface area contributed by atoms with Gasteiger partial charge < -0.3 is 4.74 Å². The summed E-state index contributed by atoms with van der Waals surface area (Å²) in [5.41, 5.74) is 2.02. The first-order valence-electron chi connectivity index (χ1n) is 5.78. The van der Waals surface area contributed by atoms with E-state index >= 15 is 0 Å². The Morgan fingerprint density at radius 2 is 2.05 bits per heavy atom. The highest BCUT2D eigenvalue weighted by molar-refractivity contribution is 7.98. The highest BCUT2D eigenvalue weighted by Crippen LogP contribution is 2.24. The number of methoxy groups -OCH3 is 1. The minimum absolute atomic E-state index is 0.764. The summed E-state index contributed by atoms with van der Waals surface area (Å²) in [6, 6.07) is 12.1. The number of rotatable bonds is 4.